The van der Waals surface area contributed by atoms with Crippen LogP contribution in [-0.2, 0) is 6.54 Å². The number of hydrogen-bond acceptors (Lipinski definition) is 5. The van der Waals surface area contributed by atoms with E-state index in [0.29, 0.717) is 6.54 Å². The molecule has 1 aliphatic rings. The van der Waals surface area contributed by atoms with E-state index in [4.69, 9.17) is 0 Å². The predicted molar refractivity (Wildman–Crippen MR) is 109 cm³/mol. The average Bonchev–Trinajstić information content (AvgIpc) is 3.16. The molecule has 1 amide bonds. The molecule has 4 nitrogen and oxygen atoms in total. The molecule has 26 heavy (non-hydrogen) atoms. The minimum Gasteiger partial charge on any atom is -0.347 e. The van der Waals surface area contributed by atoms with Crippen LogP contribution in [0.5, 0.6) is 0 Å². The SMILES string of the molecule is Cc1cccc(CNC(=O)c2ccc(N3CCSc4ncccc43)s2)c1. The smallest absolute Gasteiger partial charge is 0.261 e. The largest absolute Gasteiger partial charge is 0.347 e. The van der Waals surface area contributed by atoms with Crippen molar-refractivity contribution >= 4 is 39.7 Å². The summed E-state index contributed by atoms with van der Waals surface area (Å²) in [5.41, 5.74) is 3.44. The van der Waals surface area contributed by atoms with Gasteiger partial charge in [-0.15, -0.1) is 23.1 Å². The topological polar surface area (TPSA) is 45.2 Å². The third-order valence-electron chi connectivity index (χ3n) is 4.21. The van der Waals surface area contributed by atoms with Crippen LogP contribution in [0.1, 0.15) is 20.8 Å². The third kappa shape index (κ3) is 3.61. The first-order valence-electron chi connectivity index (χ1n) is 8.49. The highest BCUT2D eigenvalue weighted by molar-refractivity contribution is 7.99. The monoisotopic (exact) mass is 381 g/mol. The second-order valence-electron chi connectivity index (χ2n) is 6.14. The Morgan fingerprint density at radius 3 is 3.04 bits per heavy atom. The fourth-order valence-electron chi connectivity index (χ4n) is 2.97. The first kappa shape index (κ1) is 17.1. The number of nitrogens with one attached hydrogen (secondary N) is 1. The van der Waals surface area contributed by atoms with Crippen LogP contribution in [0, 0.1) is 6.92 Å². The Morgan fingerprint density at radius 1 is 1.23 bits per heavy atom. The van der Waals surface area contributed by atoms with Gasteiger partial charge in [-0.3, -0.25) is 4.79 Å². The van der Waals surface area contributed by atoms with Crippen LogP contribution in [0.3, 0.4) is 0 Å². The molecule has 4 rings (SSSR count). The van der Waals surface area contributed by atoms with Crippen LogP contribution in [0.25, 0.3) is 0 Å². The summed E-state index contributed by atoms with van der Waals surface area (Å²) in [5, 5.41) is 5.15. The number of carbonyl (C=O) groups is 1. The van der Waals surface area contributed by atoms with Crippen LogP contribution in [0.2, 0.25) is 0 Å². The summed E-state index contributed by atoms with van der Waals surface area (Å²) < 4.78 is 0. The maximum Gasteiger partial charge on any atom is 0.261 e. The minimum atomic E-state index is -0.0273. The molecule has 3 heterocycles. The molecule has 0 radical (unpaired) electrons. The molecule has 2 aromatic heterocycles. The Hall–Kier alpha value is -2.31. The van der Waals surface area contributed by atoms with Gasteiger partial charge in [0.25, 0.3) is 5.91 Å². The summed E-state index contributed by atoms with van der Waals surface area (Å²) in [7, 11) is 0. The number of carbonyl (C=O) groups excluding carboxylic acids is 1. The highest BCUT2D eigenvalue weighted by Crippen LogP contribution is 2.39. The molecule has 0 bridgehead atoms. The molecule has 6 heteroatoms. The molecule has 0 fully saturated rings. The van der Waals surface area contributed by atoms with Gasteiger partial charge in [-0.1, -0.05) is 29.8 Å². The highest BCUT2D eigenvalue weighted by atomic mass is 32.2. The second kappa shape index (κ2) is 7.51. The lowest BCUT2D eigenvalue weighted by Crippen LogP contribution is -2.23. The molecule has 1 aromatic carbocycles. The molecular formula is C20H19N3OS2. The van der Waals surface area contributed by atoms with Gasteiger partial charge < -0.3 is 10.2 Å². The minimum absolute atomic E-state index is 0.0273. The van der Waals surface area contributed by atoms with E-state index in [-0.39, 0.29) is 5.91 Å². The van der Waals surface area contributed by atoms with E-state index in [0.717, 1.165) is 38.5 Å². The van der Waals surface area contributed by atoms with E-state index in [9.17, 15) is 4.79 Å². The van der Waals surface area contributed by atoms with E-state index in [1.54, 1.807) is 11.8 Å². The van der Waals surface area contributed by atoms with E-state index in [2.05, 4.69) is 40.3 Å². The lowest BCUT2D eigenvalue weighted by Gasteiger charge is -2.28. The number of aryl methyl sites for hydroxylation is 1. The summed E-state index contributed by atoms with van der Waals surface area (Å²) in [6, 6.07) is 16.2. The number of anilines is 2. The van der Waals surface area contributed by atoms with Gasteiger partial charge in [0.05, 0.1) is 15.6 Å². The summed E-state index contributed by atoms with van der Waals surface area (Å²) in [6.45, 7) is 3.52. The molecule has 0 saturated carbocycles. The van der Waals surface area contributed by atoms with E-state index >= 15 is 0 Å². The van der Waals surface area contributed by atoms with E-state index in [1.807, 2.05) is 36.5 Å². The van der Waals surface area contributed by atoms with Gasteiger partial charge in [0, 0.05) is 25.0 Å². The molecule has 0 atom stereocenters. The molecule has 3 aromatic rings. The number of hydrogen-bond donors (Lipinski definition) is 1. The Bertz CT molecular complexity index is 938. The van der Waals surface area contributed by atoms with Crippen molar-refractivity contribution < 1.29 is 4.79 Å². The zero-order chi connectivity index (χ0) is 17.9. The second-order valence-corrected chi connectivity index (χ2v) is 8.28. The highest BCUT2D eigenvalue weighted by Gasteiger charge is 2.21. The molecule has 0 unspecified atom stereocenters. The van der Waals surface area contributed by atoms with Crippen molar-refractivity contribution in [2.75, 3.05) is 17.2 Å². The van der Waals surface area contributed by atoms with Gasteiger partial charge in [-0.05, 0) is 36.8 Å². The van der Waals surface area contributed by atoms with Crippen molar-refractivity contribution in [2.45, 2.75) is 18.5 Å². The van der Waals surface area contributed by atoms with Gasteiger partial charge in [-0.2, -0.15) is 0 Å². The summed E-state index contributed by atoms with van der Waals surface area (Å²) in [5.74, 6) is 0.970. The molecule has 0 spiro atoms. The number of pyridine rings is 1. The molecule has 0 aliphatic carbocycles. The Labute approximate surface area is 161 Å². The zero-order valence-electron chi connectivity index (χ0n) is 14.4. The van der Waals surface area contributed by atoms with Crippen molar-refractivity contribution in [3.63, 3.8) is 0 Å². The van der Waals surface area contributed by atoms with Gasteiger partial charge in [0.1, 0.15) is 5.03 Å². The van der Waals surface area contributed by atoms with E-state index < -0.39 is 0 Å². The van der Waals surface area contributed by atoms with Crippen LogP contribution < -0.4 is 10.2 Å². The average molecular weight is 382 g/mol. The molecule has 1 N–H and O–H groups in total. The van der Waals surface area contributed by atoms with Crippen molar-refractivity contribution in [1.82, 2.24) is 10.3 Å². The van der Waals surface area contributed by atoms with Gasteiger partial charge in [0.2, 0.25) is 0 Å². The van der Waals surface area contributed by atoms with Gasteiger partial charge in [0.15, 0.2) is 0 Å². The van der Waals surface area contributed by atoms with Crippen molar-refractivity contribution in [3.8, 4) is 0 Å². The molecular weight excluding hydrogens is 362 g/mol. The van der Waals surface area contributed by atoms with Crippen molar-refractivity contribution in [1.29, 1.82) is 0 Å². The molecule has 1 aliphatic heterocycles. The summed E-state index contributed by atoms with van der Waals surface area (Å²) in [6.07, 6.45) is 1.83. The number of thiophene rings is 1. The Morgan fingerprint density at radius 2 is 2.15 bits per heavy atom. The van der Waals surface area contributed by atoms with Crippen LogP contribution >= 0.6 is 23.1 Å². The van der Waals surface area contributed by atoms with Crippen molar-refractivity contribution in [3.05, 3.63) is 70.7 Å². The van der Waals surface area contributed by atoms with Crippen LogP contribution in [0.15, 0.2) is 59.8 Å². The third-order valence-corrected chi connectivity index (χ3v) is 6.29. The van der Waals surface area contributed by atoms with Crippen molar-refractivity contribution in [2.24, 2.45) is 0 Å². The fourth-order valence-corrected chi connectivity index (χ4v) is 4.86. The number of aromatic nitrogens is 1. The standard InChI is InChI=1S/C20H19N3OS2/c1-14-4-2-5-15(12-14)13-22-19(24)17-7-8-18(26-17)23-10-11-25-20-16(23)6-3-9-21-20/h2-9,12H,10-11,13H2,1H3,(H,22,24). The molecule has 0 saturated heterocycles. The summed E-state index contributed by atoms with van der Waals surface area (Å²) in [4.78, 5) is 19.9. The van der Waals surface area contributed by atoms with E-state index in [1.165, 1.54) is 16.9 Å². The van der Waals surface area contributed by atoms with Gasteiger partial charge >= 0.3 is 0 Å². The Kier molecular flexibility index (Phi) is 4.95. The number of amides is 1. The number of nitrogens with zero attached hydrogens (tertiary/aromatic N) is 2. The maximum absolute atomic E-state index is 12.5. The maximum atomic E-state index is 12.5. The Balaban J connectivity index is 1.47. The lowest BCUT2D eigenvalue weighted by molar-refractivity contribution is 0.0955. The normalized spacial score (nSPS) is 13.3. The predicted octanol–water partition coefficient (Wildman–Crippen LogP) is 4.63. The fraction of sp³-hybridized carbons (Fsp3) is 0.200. The van der Waals surface area contributed by atoms with Gasteiger partial charge in [-0.25, -0.2) is 4.98 Å². The van der Waals surface area contributed by atoms with Crippen LogP contribution in [0.4, 0.5) is 10.7 Å². The van der Waals surface area contributed by atoms with Crippen LogP contribution in [-0.4, -0.2) is 23.2 Å². The first-order valence-corrected chi connectivity index (χ1v) is 10.3. The number of rotatable bonds is 4. The number of thioether (sulfide) groups is 1. The first-order chi connectivity index (χ1) is 12.7. The number of benzene rings is 1. The quantitative estimate of drug-likeness (QED) is 0.716. The zero-order valence-corrected chi connectivity index (χ0v) is 16.1. The lowest BCUT2D eigenvalue weighted by atomic mass is 10.1. The number of fused-ring (bicyclic) bond motifs is 1. The summed E-state index contributed by atoms with van der Waals surface area (Å²) >= 11 is 3.31. The molecule has 132 valence electrons.